The van der Waals surface area contributed by atoms with Crippen LogP contribution in [0.1, 0.15) is 0 Å². The maximum absolute atomic E-state index is 9.97. The summed E-state index contributed by atoms with van der Waals surface area (Å²) in [5, 5.41) is 30.7. The lowest BCUT2D eigenvalue weighted by molar-refractivity contribution is 0.459. The number of aromatic nitrogens is 2. The van der Waals surface area contributed by atoms with Crippen LogP contribution < -0.4 is 0 Å². The van der Waals surface area contributed by atoms with Gasteiger partial charge in [0.1, 0.15) is 5.75 Å². The fourth-order valence-electron chi connectivity index (χ4n) is 2.38. The molecule has 2 heterocycles. The highest BCUT2D eigenvalue weighted by atomic mass is 32.1. The first-order valence-electron chi connectivity index (χ1n) is 7.17. The summed E-state index contributed by atoms with van der Waals surface area (Å²) in [4.78, 5) is 7.26. The molecule has 0 fully saturated rings. The molecule has 0 bridgehead atoms. The number of para-hydroxylation sites is 1. The number of phenolic OH excluding ortho intramolecular Hbond substituents is 1. The number of benzene rings is 2. The Kier molecular flexibility index (Phi) is 3.47. The molecule has 0 saturated carbocycles. The van der Waals surface area contributed by atoms with E-state index in [4.69, 9.17) is 0 Å². The zero-order valence-electron chi connectivity index (χ0n) is 12.3. The van der Waals surface area contributed by atoms with Crippen molar-refractivity contribution in [3.63, 3.8) is 0 Å². The largest absolute Gasteiger partial charge is 0.508 e. The van der Waals surface area contributed by atoms with Gasteiger partial charge in [-0.1, -0.05) is 18.2 Å². The third-order valence-electron chi connectivity index (χ3n) is 3.55. The summed E-state index contributed by atoms with van der Waals surface area (Å²) >= 11 is 1.36. The molecular formula is C17H12N4O2S. The minimum absolute atomic E-state index is 0.0183. The van der Waals surface area contributed by atoms with Crippen molar-refractivity contribution < 1.29 is 10.2 Å². The fourth-order valence-corrected chi connectivity index (χ4v) is 3.03. The molecule has 24 heavy (non-hydrogen) atoms. The SMILES string of the molecule is Oc1ccc(-c2csc(N=Nc3c(O)[nH]c4ccccc34)n2)cc1. The van der Waals surface area contributed by atoms with Gasteiger partial charge in [-0.3, -0.25) is 0 Å². The van der Waals surface area contributed by atoms with Crippen LogP contribution in [0.4, 0.5) is 10.8 Å². The van der Waals surface area contributed by atoms with Gasteiger partial charge in [-0.25, -0.2) is 4.98 Å². The van der Waals surface area contributed by atoms with Gasteiger partial charge in [0, 0.05) is 16.3 Å². The van der Waals surface area contributed by atoms with Crippen LogP contribution in [0.5, 0.6) is 11.6 Å². The van der Waals surface area contributed by atoms with Crippen molar-refractivity contribution in [3.05, 3.63) is 53.9 Å². The van der Waals surface area contributed by atoms with Crippen LogP contribution in [0.2, 0.25) is 0 Å². The van der Waals surface area contributed by atoms with E-state index < -0.39 is 0 Å². The highest BCUT2D eigenvalue weighted by Crippen LogP contribution is 2.36. The van der Waals surface area contributed by atoms with Gasteiger partial charge in [0.2, 0.25) is 11.0 Å². The number of nitrogens with zero attached hydrogens (tertiary/aromatic N) is 3. The molecular weight excluding hydrogens is 324 g/mol. The van der Waals surface area contributed by atoms with Crippen molar-refractivity contribution in [2.24, 2.45) is 10.2 Å². The predicted molar refractivity (Wildman–Crippen MR) is 93.4 cm³/mol. The number of hydrogen-bond donors (Lipinski definition) is 3. The molecule has 4 aromatic rings. The molecule has 6 nitrogen and oxygen atoms in total. The van der Waals surface area contributed by atoms with Gasteiger partial charge in [-0.05, 0) is 30.3 Å². The minimum Gasteiger partial charge on any atom is -0.508 e. The molecule has 4 rings (SSSR count). The van der Waals surface area contributed by atoms with E-state index >= 15 is 0 Å². The number of phenols is 1. The van der Waals surface area contributed by atoms with Crippen molar-refractivity contribution in [1.29, 1.82) is 0 Å². The third-order valence-corrected chi connectivity index (χ3v) is 4.28. The van der Waals surface area contributed by atoms with Crippen molar-refractivity contribution >= 4 is 33.1 Å². The highest BCUT2D eigenvalue weighted by molar-refractivity contribution is 7.13. The first-order valence-corrected chi connectivity index (χ1v) is 8.05. The molecule has 0 atom stereocenters. The lowest BCUT2D eigenvalue weighted by Crippen LogP contribution is -1.75. The minimum atomic E-state index is -0.0183. The molecule has 0 unspecified atom stereocenters. The first kappa shape index (κ1) is 14.4. The van der Waals surface area contributed by atoms with Crippen LogP contribution in [0.15, 0.2) is 64.1 Å². The van der Waals surface area contributed by atoms with Crippen molar-refractivity contribution in [1.82, 2.24) is 9.97 Å². The summed E-state index contributed by atoms with van der Waals surface area (Å²) in [5.41, 5.74) is 2.84. The predicted octanol–water partition coefficient (Wildman–Crippen LogP) is 5.12. The van der Waals surface area contributed by atoms with E-state index in [0.717, 1.165) is 22.2 Å². The van der Waals surface area contributed by atoms with Gasteiger partial charge in [0.15, 0.2) is 5.69 Å². The molecule has 0 amide bonds. The summed E-state index contributed by atoms with van der Waals surface area (Å²) in [6, 6.07) is 14.3. The van der Waals surface area contributed by atoms with Crippen molar-refractivity contribution in [2.45, 2.75) is 0 Å². The number of rotatable bonds is 3. The number of fused-ring (bicyclic) bond motifs is 1. The van der Waals surface area contributed by atoms with E-state index in [2.05, 4.69) is 20.2 Å². The van der Waals surface area contributed by atoms with Crippen LogP contribution in [-0.2, 0) is 0 Å². The van der Waals surface area contributed by atoms with Crippen LogP contribution in [-0.4, -0.2) is 20.2 Å². The Hall–Kier alpha value is -3.19. The highest BCUT2D eigenvalue weighted by Gasteiger charge is 2.10. The standard InChI is InChI=1S/C17H12N4O2S/c22-11-7-5-10(6-8-11)14-9-24-17(19-14)21-20-15-12-3-1-2-4-13(12)18-16(15)23/h1-9,18,22-23H. The fraction of sp³-hybridized carbons (Fsp3) is 0. The molecule has 7 heteroatoms. The normalized spacial score (nSPS) is 11.5. The molecule has 0 aliphatic rings. The smallest absolute Gasteiger partial charge is 0.230 e. The molecule has 0 saturated heterocycles. The third kappa shape index (κ3) is 2.61. The molecule has 0 aliphatic carbocycles. The molecule has 0 aliphatic heterocycles. The van der Waals surface area contributed by atoms with E-state index in [1.54, 1.807) is 24.3 Å². The van der Waals surface area contributed by atoms with Crippen molar-refractivity contribution in [3.8, 4) is 22.9 Å². The van der Waals surface area contributed by atoms with Crippen LogP contribution >= 0.6 is 11.3 Å². The monoisotopic (exact) mass is 336 g/mol. The Morgan fingerprint density at radius 2 is 1.75 bits per heavy atom. The number of nitrogens with one attached hydrogen (secondary N) is 1. The quantitative estimate of drug-likeness (QED) is 0.453. The summed E-state index contributed by atoms with van der Waals surface area (Å²) in [5.74, 6) is 0.193. The van der Waals surface area contributed by atoms with E-state index in [1.165, 1.54) is 11.3 Å². The maximum Gasteiger partial charge on any atom is 0.230 e. The molecule has 0 spiro atoms. The molecule has 0 radical (unpaired) electrons. The Morgan fingerprint density at radius 1 is 0.958 bits per heavy atom. The average Bonchev–Trinajstić information content (AvgIpc) is 3.17. The van der Waals surface area contributed by atoms with Gasteiger partial charge in [-0.2, -0.15) is 0 Å². The van der Waals surface area contributed by atoms with E-state index in [0.29, 0.717) is 10.8 Å². The molecule has 2 aromatic heterocycles. The number of H-pyrrole nitrogens is 1. The van der Waals surface area contributed by atoms with Gasteiger partial charge in [0.25, 0.3) is 0 Å². The second-order valence-electron chi connectivity index (χ2n) is 5.13. The first-order chi connectivity index (χ1) is 11.7. The number of aromatic hydroxyl groups is 2. The lowest BCUT2D eigenvalue weighted by atomic mass is 10.2. The second kappa shape index (κ2) is 5.78. The Bertz CT molecular complexity index is 1030. The number of aromatic amines is 1. The Labute approximate surface area is 140 Å². The zero-order valence-corrected chi connectivity index (χ0v) is 13.2. The Morgan fingerprint density at radius 3 is 2.58 bits per heavy atom. The Balaban J connectivity index is 1.64. The van der Waals surface area contributed by atoms with Gasteiger partial charge < -0.3 is 15.2 Å². The van der Waals surface area contributed by atoms with Gasteiger partial charge in [-0.15, -0.1) is 21.6 Å². The van der Waals surface area contributed by atoms with E-state index in [-0.39, 0.29) is 11.6 Å². The summed E-state index contributed by atoms with van der Waals surface area (Å²) in [6.07, 6.45) is 0. The summed E-state index contributed by atoms with van der Waals surface area (Å²) in [6.45, 7) is 0. The lowest BCUT2D eigenvalue weighted by Gasteiger charge is -1.95. The number of azo groups is 1. The topological polar surface area (TPSA) is 93.9 Å². The molecule has 118 valence electrons. The summed E-state index contributed by atoms with van der Waals surface area (Å²) in [7, 11) is 0. The number of thiazole rings is 1. The van der Waals surface area contributed by atoms with Crippen LogP contribution in [0, 0.1) is 0 Å². The van der Waals surface area contributed by atoms with E-state index in [1.807, 2.05) is 29.6 Å². The van der Waals surface area contributed by atoms with Crippen LogP contribution in [0.3, 0.4) is 0 Å². The second-order valence-corrected chi connectivity index (χ2v) is 5.97. The van der Waals surface area contributed by atoms with Gasteiger partial charge >= 0.3 is 0 Å². The summed E-state index contributed by atoms with van der Waals surface area (Å²) < 4.78 is 0. The average molecular weight is 336 g/mol. The zero-order chi connectivity index (χ0) is 16.5. The number of hydrogen-bond acceptors (Lipinski definition) is 6. The maximum atomic E-state index is 9.97. The van der Waals surface area contributed by atoms with E-state index in [9.17, 15) is 10.2 Å². The van der Waals surface area contributed by atoms with Gasteiger partial charge in [0.05, 0.1) is 11.2 Å². The van der Waals surface area contributed by atoms with Crippen LogP contribution in [0.25, 0.3) is 22.2 Å². The van der Waals surface area contributed by atoms with Crippen molar-refractivity contribution in [2.75, 3.05) is 0 Å². The molecule has 2 aromatic carbocycles. The molecule has 3 N–H and O–H groups in total.